The second-order valence-electron chi connectivity index (χ2n) is 0.0833. The summed E-state index contributed by atoms with van der Waals surface area (Å²) >= 11 is 0. The highest BCUT2D eigenvalue weighted by Gasteiger charge is 1.13. The van der Waals surface area contributed by atoms with Crippen LogP contribution in [0, 0.1) is 10.5 Å². The maximum atomic E-state index is 8.12. The Balaban J connectivity index is -0.0000000360. The Hall–Kier alpha value is -1.35. The van der Waals surface area contributed by atoms with E-state index in [9.17, 15) is 0 Å². The van der Waals surface area contributed by atoms with Crippen molar-refractivity contribution in [1.29, 1.82) is 5.59 Å². The van der Waals surface area contributed by atoms with Gasteiger partial charge in [0.1, 0.15) is 6.79 Å². The van der Waals surface area contributed by atoms with Gasteiger partial charge >= 0.3 is 6.15 Å². The molecule has 0 unspecified atom stereocenters. The van der Waals surface area contributed by atoms with Crippen molar-refractivity contribution in [3.63, 3.8) is 0 Å². The summed E-state index contributed by atoms with van der Waals surface area (Å²) in [6, 6.07) is 0. The molecular formula is C2H3NO4. The lowest BCUT2D eigenvalue weighted by Gasteiger charge is -0.945. The van der Waals surface area contributed by atoms with Crippen LogP contribution in [0.5, 0.6) is 0 Å². The van der Waals surface area contributed by atoms with Gasteiger partial charge < -0.3 is 4.79 Å². The predicted octanol–water partition coefficient (Wildman–Crippen LogP) is -0.437. The molecule has 0 aromatic carbocycles. The number of carbonyl (C=O) groups is 1. The van der Waals surface area contributed by atoms with Crippen LogP contribution in [0.15, 0.2) is 0 Å². The van der Waals surface area contributed by atoms with Gasteiger partial charge in [0.2, 0.25) is 0 Å². The molecule has 0 saturated heterocycles. The van der Waals surface area contributed by atoms with E-state index in [0.717, 1.165) is 0 Å². The van der Waals surface area contributed by atoms with Crippen molar-refractivity contribution in [2.24, 2.45) is 0 Å². The molecule has 0 spiro atoms. The normalized spacial score (nSPS) is 2.29. The first kappa shape index (κ1) is 17.4. The van der Waals surface area contributed by atoms with Crippen molar-refractivity contribution in [2.75, 3.05) is 0 Å². The van der Waals surface area contributed by atoms with Crippen molar-refractivity contribution in [3.8, 4) is 0 Å². The van der Waals surface area contributed by atoms with Crippen LogP contribution < -0.4 is 0 Å². The Bertz CT molecular complexity index is 45.7. The van der Waals surface area contributed by atoms with Gasteiger partial charge in [-0.3, -0.25) is 0 Å². The molecule has 0 saturated carbocycles. The molecule has 0 aliphatic heterocycles. The molecule has 0 aliphatic carbocycles. The van der Waals surface area contributed by atoms with Crippen LogP contribution in [0.25, 0.3) is 0 Å². The molecule has 40 valence electrons. The van der Waals surface area contributed by atoms with Gasteiger partial charge in [0, 0.05) is 0 Å². The molecule has 0 heterocycles. The minimum Gasteiger partial charge on any atom is -0.307 e. The molecule has 0 rings (SSSR count). The summed E-state index contributed by atoms with van der Waals surface area (Å²) in [4.78, 5) is 31.8. The molecule has 0 atom stereocenters. The topological polar surface area (TPSA) is 92.1 Å². The number of nitrogens with one attached hydrogen (secondary N) is 1. The smallest absolute Gasteiger partial charge is 0.307 e. The van der Waals surface area contributed by atoms with Crippen LogP contribution in [0.3, 0.4) is 0 Å². The van der Waals surface area contributed by atoms with Gasteiger partial charge in [0.15, 0.2) is 0 Å². The first-order valence-electron chi connectivity index (χ1n) is 0.901. The minimum atomic E-state index is 0.250. The monoisotopic (exact) mass is 105 g/mol. The molecule has 5 nitrogen and oxygen atoms in total. The van der Waals surface area contributed by atoms with E-state index in [-0.39, 0.29) is 6.15 Å². The Kier molecular flexibility index (Phi) is 1260. The van der Waals surface area contributed by atoms with Crippen molar-refractivity contribution < 1.29 is 14.4 Å². The zero-order valence-electron chi connectivity index (χ0n) is 3.34. The lowest BCUT2D eigenvalue weighted by Crippen LogP contribution is -1.22. The number of hydrogen-bond acceptors (Lipinski definition) is 5. The van der Waals surface area contributed by atoms with E-state index in [2.05, 4.69) is 5.59 Å². The van der Waals surface area contributed by atoms with Gasteiger partial charge in [-0.1, -0.05) is 5.59 Å². The summed E-state index contributed by atoms with van der Waals surface area (Å²) in [7, 11) is 0. The van der Waals surface area contributed by atoms with Gasteiger partial charge in [-0.15, -0.1) is 0 Å². The highest BCUT2D eigenvalue weighted by atomic mass is 16.2. The zero-order valence-corrected chi connectivity index (χ0v) is 3.34. The molecule has 0 radical (unpaired) electrons. The summed E-state index contributed by atoms with van der Waals surface area (Å²) in [5, 5.41) is 0. The van der Waals surface area contributed by atoms with Crippen molar-refractivity contribution in [1.82, 2.24) is 0 Å². The number of carbonyl (C=O) groups excluding carboxylic acids is 3. The van der Waals surface area contributed by atoms with Crippen LogP contribution in [0.2, 0.25) is 0 Å². The third-order valence-electron chi connectivity index (χ3n) is 0. The maximum Gasteiger partial charge on any atom is 0.373 e. The van der Waals surface area contributed by atoms with Gasteiger partial charge in [-0.2, -0.15) is 14.5 Å². The summed E-state index contributed by atoms with van der Waals surface area (Å²) in [6.45, 7) is 2.00. The average Bonchev–Trinajstić information content (AvgIpc) is 1.78. The third kappa shape index (κ3) is 17.9. The van der Waals surface area contributed by atoms with Crippen LogP contribution in [-0.2, 0) is 14.4 Å². The quantitative estimate of drug-likeness (QED) is 0.423. The van der Waals surface area contributed by atoms with E-state index in [1.165, 1.54) is 0 Å². The number of rotatable bonds is 0. The Morgan fingerprint density at radius 3 is 1.14 bits per heavy atom. The van der Waals surface area contributed by atoms with Crippen molar-refractivity contribution >= 4 is 12.9 Å². The standard InChI is InChI=1S/CO2.CH2O.HNO/c2-1-3;2*1-2/h;1H2;1H. The van der Waals surface area contributed by atoms with Crippen LogP contribution in [0.1, 0.15) is 0 Å². The van der Waals surface area contributed by atoms with Gasteiger partial charge in [-0.05, 0) is 0 Å². The van der Waals surface area contributed by atoms with Gasteiger partial charge in [0.05, 0.1) is 0 Å². The highest BCUT2D eigenvalue weighted by Crippen LogP contribution is 0.787. The van der Waals surface area contributed by atoms with E-state index in [1.807, 2.05) is 6.79 Å². The molecule has 1 N–H and O–H groups in total. The van der Waals surface area contributed by atoms with Gasteiger partial charge in [-0.25, -0.2) is 0 Å². The van der Waals surface area contributed by atoms with E-state index in [0.29, 0.717) is 0 Å². The fraction of sp³-hybridized carbons (Fsp3) is 0. The minimum absolute atomic E-state index is 0.250. The Labute approximate surface area is 39.1 Å². The van der Waals surface area contributed by atoms with E-state index in [4.69, 9.17) is 19.3 Å². The molecule has 5 heteroatoms. The summed E-state index contributed by atoms with van der Waals surface area (Å²) in [6.07, 6.45) is 0.250. The Morgan fingerprint density at radius 2 is 1.14 bits per heavy atom. The molecule has 7 heavy (non-hydrogen) atoms. The fourth-order valence-electron chi connectivity index (χ4n) is 0. The molecule has 0 amide bonds. The zero-order chi connectivity index (χ0) is 6.71. The fourth-order valence-corrected chi connectivity index (χ4v) is 0. The lowest BCUT2D eigenvalue weighted by atomic mass is 11.8. The van der Waals surface area contributed by atoms with Crippen molar-refractivity contribution in [2.45, 2.75) is 0 Å². The first-order valence-corrected chi connectivity index (χ1v) is 0.901. The molecule has 0 fully saturated rings. The number of hydrogen-bond donors (Lipinski definition) is 1. The lowest BCUT2D eigenvalue weighted by molar-refractivity contribution is -0.191. The number of nitroso groups, excluding NO2 is 1. The maximum absolute atomic E-state index is 8.12. The SMILES string of the molecule is C=O.N=O.O=C=O. The van der Waals surface area contributed by atoms with E-state index in [1.54, 1.807) is 0 Å². The third-order valence-corrected chi connectivity index (χ3v) is 0. The van der Waals surface area contributed by atoms with Crippen LogP contribution in [-0.4, -0.2) is 12.9 Å². The summed E-state index contributed by atoms with van der Waals surface area (Å²) in [5.41, 5.74) is 4.50. The second-order valence-corrected chi connectivity index (χ2v) is 0.0833. The molecule has 0 aromatic heterocycles. The predicted molar refractivity (Wildman–Crippen MR) is 18.2 cm³/mol. The molecule has 0 bridgehead atoms. The molecular weight excluding hydrogens is 102 g/mol. The summed E-state index contributed by atoms with van der Waals surface area (Å²) < 4.78 is 0. The highest BCUT2D eigenvalue weighted by molar-refractivity contribution is 5.20. The largest absolute Gasteiger partial charge is 0.373 e. The summed E-state index contributed by atoms with van der Waals surface area (Å²) in [5.74, 6) is 0. The van der Waals surface area contributed by atoms with Crippen LogP contribution >= 0.6 is 0 Å². The van der Waals surface area contributed by atoms with E-state index < -0.39 is 0 Å². The van der Waals surface area contributed by atoms with Crippen LogP contribution in [0.4, 0.5) is 0 Å². The second kappa shape index (κ2) is 506. The van der Waals surface area contributed by atoms with Crippen molar-refractivity contribution in [3.05, 3.63) is 4.91 Å². The molecule has 0 aliphatic rings. The van der Waals surface area contributed by atoms with E-state index >= 15 is 0 Å². The Morgan fingerprint density at radius 1 is 1.14 bits per heavy atom. The van der Waals surface area contributed by atoms with Gasteiger partial charge in [0.25, 0.3) is 0 Å². The first-order chi connectivity index (χ1) is 3.41. The molecule has 0 aromatic rings. The average molecular weight is 105 g/mol.